The second-order valence-electron chi connectivity index (χ2n) is 7.43. The molecule has 2 heterocycles. The van der Waals surface area contributed by atoms with E-state index in [0.29, 0.717) is 28.6 Å². The molecule has 33 heavy (non-hydrogen) atoms. The monoisotopic (exact) mass is 464 g/mol. The predicted octanol–water partition coefficient (Wildman–Crippen LogP) is 4.14. The Morgan fingerprint density at radius 1 is 0.909 bits per heavy atom. The van der Waals surface area contributed by atoms with Gasteiger partial charge in [-0.2, -0.15) is 0 Å². The number of aryl methyl sites for hydroxylation is 1. The van der Waals surface area contributed by atoms with Crippen molar-refractivity contribution >= 4 is 27.2 Å². The molecule has 2 N–H and O–H groups in total. The van der Waals surface area contributed by atoms with Crippen LogP contribution in [0.5, 0.6) is 5.75 Å². The highest BCUT2D eigenvalue weighted by Crippen LogP contribution is 2.28. The van der Waals surface area contributed by atoms with Gasteiger partial charge in [0, 0.05) is 29.8 Å². The molecule has 0 aliphatic heterocycles. The van der Waals surface area contributed by atoms with E-state index in [4.69, 9.17) is 4.74 Å². The van der Waals surface area contributed by atoms with Gasteiger partial charge in [-0.25, -0.2) is 23.4 Å². The number of hydrogen-bond acceptors (Lipinski definition) is 7. The normalized spacial score (nSPS) is 11.3. The van der Waals surface area contributed by atoms with E-state index in [1.54, 1.807) is 62.7 Å². The number of aromatic nitrogens is 4. The summed E-state index contributed by atoms with van der Waals surface area (Å²) in [7, 11) is -2.19. The topological polar surface area (TPSA) is 111 Å². The summed E-state index contributed by atoms with van der Waals surface area (Å²) in [5.74, 6) is 2.76. The second-order valence-corrected chi connectivity index (χ2v) is 9.08. The van der Waals surface area contributed by atoms with Crippen molar-refractivity contribution in [3.05, 3.63) is 78.1 Å². The van der Waals surface area contributed by atoms with Crippen molar-refractivity contribution in [1.29, 1.82) is 0 Å². The third-order valence-electron chi connectivity index (χ3n) is 5.33. The van der Waals surface area contributed by atoms with Crippen molar-refractivity contribution in [2.45, 2.75) is 25.7 Å². The lowest BCUT2D eigenvalue weighted by Crippen LogP contribution is -2.15. The van der Waals surface area contributed by atoms with E-state index in [0.717, 1.165) is 17.1 Å². The van der Waals surface area contributed by atoms with Crippen molar-refractivity contribution in [2.24, 2.45) is 0 Å². The standard InChI is InChI=1S/C23H24N6O3S/c1-15-16(2)21(10-9-20(15)32-4)33(30,31)28-19-7-5-18(6-8-19)27-22-13-23(26-14-25-22)29-12-11-24-17(29)3/h5-14,28H,1-4H3,(H,25,26,27). The Hall–Kier alpha value is -3.92. The summed E-state index contributed by atoms with van der Waals surface area (Å²) < 4.78 is 35.6. The fourth-order valence-electron chi connectivity index (χ4n) is 3.43. The predicted molar refractivity (Wildman–Crippen MR) is 127 cm³/mol. The first-order valence-electron chi connectivity index (χ1n) is 10.1. The zero-order chi connectivity index (χ0) is 23.6. The highest BCUT2D eigenvalue weighted by molar-refractivity contribution is 7.92. The van der Waals surface area contributed by atoms with Crippen LogP contribution in [0.25, 0.3) is 5.82 Å². The fraction of sp³-hybridized carbons (Fsp3) is 0.174. The van der Waals surface area contributed by atoms with Gasteiger partial charge in [0.15, 0.2) is 0 Å². The third-order valence-corrected chi connectivity index (χ3v) is 6.86. The van der Waals surface area contributed by atoms with E-state index in [9.17, 15) is 8.42 Å². The van der Waals surface area contributed by atoms with Crippen LogP contribution in [0.1, 0.15) is 17.0 Å². The first-order chi connectivity index (χ1) is 15.8. The third kappa shape index (κ3) is 4.65. The van der Waals surface area contributed by atoms with Crippen LogP contribution < -0.4 is 14.8 Å². The Labute approximate surface area is 192 Å². The first kappa shape index (κ1) is 22.3. The number of sulfonamides is 1. The maximum atomic E-state index is 12.9. The smallest absolute Gasteiger partial charge is 0.262 e. The van der Waals surface area contributed by atoms with Gasteiger partial charge in [-0.05, 0) is 68.3 Å². The van der Waals surface area contributed by atoms with Crippen molar-refractivity contribution in [3.63, 3.8) is 0 Å². The van der Waals surface area contributed by atoms with Crippen LogP contribution in [-0.4, -0.2) is 35.0 Å². The molecular weight excluding hydrogens is 440 g/mol. The zero-order valence-electron chi connectivity index (χ0n) is 18.7. The highest BCUT2D eigenvalue weighted by Gasteiger charge is 2.19. The molecular formula is C23H24N6O3S. The lowest BCUT2D eigenvalue weighted by atomic mass is 10.1. The Morgan fingerprint density at radius 2 is 1.64 bits per heavy atom. The maximum Gasteiger partial charge on any atom is 0.262 e. The quantitative estimate of drug-likeness (QED) is 0.423. The summed E-state index contributed by atoms with van der Waals surface area (Å²) in [6.07, 6.45) is 5.01. The average molecular weight is 465 g/mol. The minimum absolute atomic E-state index is 0.214. The van der Waals surface area contributed by atoms with Gasteiger partial charge in [0.1, 0.15) is 29.5 Å². The van der Waals surface area contributed by atoms with Crippen molar-refractivity contribution in [2.75, 3.05) is 17.1 Å². The molecule has 4 rings (SSSR count). The molecule has 0 saturated carbocycles. The second kappa shape index (κ2) is 8.91. The van der Waals surface area contributed by atoms with Gasteiger partial charge < -0.3 is 10.1 Å². The molecule has 0 spiro atoms. The SMILES string of the molecule is COc1ccc(S(=O)(=O)Nc2ccc(Nc3cc(-n4ccnc4C)ncn3)cc2)c(C)c1C. The zero-order valence-corrected chi connectivity index (χ0v) is 19.5. The van der Waals surface area contributed by atoms with E-state index in [2.05, 4.69) is 25.0 Å². The number of hydrogen-bond donors (Lipinski definition) is 2. The molecule has 2 aromatic heterocycles. The summed E-state index contributed by atoms with van der Waals surface area (Å²) in [5.41, 5.74) is 2.63. The first-order valence-corrected chi connectivity index (χ1v) is 11.6. The van der Waals surface area contributed by atoms with Crippen LogP contribution in [0.3, 0.4) is 0 Å². The summed E-state index contributed by atoms with van der Waals surface area (Å²) >= 11 is 0. The highest BCUT2D eigenvalue weighted by atomic mass is 32.2. The Bertz CT molecular complexity index is 1400. The van der Waals surface area contributed by atoms with Gasteiger partial charge in [0.05, 0.1) is 12.0 Å². The molecule has 170 valence electrons. The number of anilines is 3. The molecule has 0 radical (unpaired) electrons. The summed E-state index contributed by atoms with van der Waals surface area (Å²) in [5, 5.41) is 3.20. The molecule has 10 heteroatoms. The molecule has 0 aliphatic rings. The lowest BCUT2D eigenvalue weighted by Gasteiger charge is -2.14. The van der Waals surface area contributed by atoms with E-state index in [1.807, 2.05) is 24.6 Å². The van der Waals surface area contributed by atoms with Crippen LogP contribution in [0.15, 0.2) is 66.1 Å². The Balaban J connectivity index is 1.50. The summed E-state index contributed by atoms with van der Waals surface area (Å²) in [6, 6.07) is 11.9. The van der Waals surface area contributed by atoms with E-state index >= 15 is 0 Å². The number of nitrogens with one attached hydrogen (secondary N) is 2. The molecule has 9 nitrogen and oxygen atoms in total. The number of nitrogens with zero attached hydrogens (tertiary/aromatic N) is 4. The largest absolute Gasteiger partial charge is 0.496 e. The van der Waals surface area contributed by atoms with E-state index < -0.39 is 10.0 Å². The molecule has 0 atom stereocenters. The summed E-state index contributed by atoms with van der Waals surface area (Å²) in [6.45, 7) is 5.49. The van der Waals surface area contributed by atoms with Crippen LogP contribution >= 0.6 is 0 Å². The van der Waals surface area contributed by atoms with Crippen LogP contribution in [0, 0.1) is 20.8 Å². The van der Waals surface area contributed by atoms with Gasteiger partial charge in [-0.3, -0.25) is 9.29 Å². The Morgan fingerprint density at radius 3 is 2.30 bits per heavy atom. The van der Waals surface area contributed by atoms with Gasteiger partial charge >= 0.3 is 0 Å². The maximum absolute atomic E-state index is 12.9. The minimum Gasteiger partial charge on any atom is -0.496 e. The minimum atomic E-state index is -3.75. The van der Waals surface area contributed by atoms with E-state index in [1.165, 1.54) is 6.33 Å². The van der Waals surface area contributed by atoms with Gasteiger partial charge in [-0.1, -0.05) is 0 Å². The van der Waals surface area contributed by atoms with Crippen LogP contribution in [0.2, 0.25) is 0 Å². The molecule has 0 saturated heterocycles. The molecule has 0 amide bonds. The number of benzene rings is 2. The number of methoxy groups -OCH3 is 1. The lowest BCUT2D eigenvalue weighted by molar-refractivity contribution is 0.411. The average Bonchev–Trinajstić information content (AvgIpc) is 3.22. The van der Waals surface area contributed by atoms with Crippen molar-refractivity contribution < 1.29 is 13.2 Å². The van der Waals surface area contributed by atoms with E-state index in [-0.39, 0.29) is 4.90 Å². The molecule has 0 aliphatic carbocycles. The van der Waals surface area contributed by atoms with Crippen LogP contribution in [0.4, 0.5) is 17.2 Å². The fourth-order valence-corrected chi connectivity index (χ4v) is 4.79. The number of imidazole rings is 1. The van der Waals surface area contributed by atoms with Crippen LogP contribution in [-0.2, 0) is 10.0 Å². The molecule has 0 bridgehead atoms. The number of ether oxygens (including phenoxy) is 1. The van der Waals surface area contributed by atoms with Gasteiger partial charge in [0.2, 0.25) is 0 Å². The molecule has 0 unspecified atom stereocenters. The summed E-state index contributed by atoms with van der Waals surface area (Å²) in [4.78, 5) is 12.9. The number of rotatable bonds is 7. The van der Waals surface area contributed by atoms with Crippen molar-refractivity contribution in [1.82, 2.24) is 19.5 Å². The van der Waals surface area contributed by atoms with Crippen molar-refractivity contribution in [3.8, 4) is 11.6 Å². The Kier molecular flexibility index (Phi) is 6.01. The van der Waals surface area contributed by atoms with Gasteiger partial charge in [-0.15, -0.1) is 0 Å². The van der Waals surface area contributed by atoms with Gasteiger partial charge in [0.25, 0.3) is 10.0 Å². The molecule has 2 aromatic carbocycles. The molecule has 4 aromatic rings. The molecule has 0 fully saturated rings.